The van der Waals surface area contributed by atoms with Crippen LogP contribution in [0.15, 0.2) is 175 Å². The summed E-state index contributed by atoms with van der Waals surface area (Å²) in [6.07, 6.45) is -0.457. The summed E-state index contributed by atoms with van der Waals surface area (Å²) >= 11 is 0. The first-order valence-electron chi connectivity index (χ1n) is 17.6. The molecule has 0 saturated heterocycles. The summed E-state index contributed by atoms with van der Waals surface area (Å²) in [4.78, 5) is 5.19. The number of fused-ring (bicyclic) bond motifs is 9. The fourth-order valence-electron chi connectivity index (χ4n) is 8.30. The smallest absolute Gasteiger partial charge is 0.132 e. The van der Waals surface area contributed by atoms with Crippen molar-refractivity contribution in [3.8, 4) is 39.8 Å². The number of hydrogen-bond acceptors (Lipinski definition) is 5. The largest absolute Gasteiger partial charge is 0.457 e. The number of para-hydroxylation sites is 2. The van der Waals surface area contributed by atoms with E-state index in [1.165, 1.54) is 22.3 Å². The van der Waals surface area contributed by atoms with E-state index < -0.39 is 5.41 Å². The first-order chi connectivity index (χ1) is 25.7. The summed E-state index contributed by atoms with van der Waals surface area (Å²) in [7, 11) is 0. The SMILES string of the molecule is N#Cc1ccc(-c2ccc(C3=NC(c4ccccc4)NC(c4ccc5c(c4)-c4ccccc4C54c5ccccc5Oc5ccccc54)N3)cc2)cc1. The lowest BCUT2D eigenvalue weighted by Gasteiger charge is -2.39. The molecule has 52 heavy (non-hydrogen) atoms. The summed E-state index contributed by atoms with van der Waals surface area (Å²) in [5.74, 6) is 2.61. The second kappa shape index (κ2) is 11.9. The zero-order valence-corrected chi connectivity index (χ0v) is 28.1. The average Bonchev–Trinajstić information content (AvgIpc) is 3.51. The van der Waals surface area contributed by atoms with Crippen LogP contribution in [-0.4, -0.2) is 5.84 Å². The second-order valence-corrected chi connectivity index (χ2v) is 13.5. The number of hydrogen-bond donors (Lipinski definition) is 2. The minimum Gasteiger partial charge on any atom is -0.457 e. The maximum absolute atomic E-state index is 9.23. The Balaban J connectivity index is 1.08. The minimum absolute atomic E-state index is 0.209. The molecule has 5 nitrogen and oxygen atoms in total. The van der Waals surface area contributed by atoms with Crippen molar-refractivity contribution < 1.29 is 4.74 Å². The number of nitrogens with zero attached hydrogens (tertiary/aromatic N) is 2. The summed E-state index contributed by atoms with van der Waals surface area (Å²) in [6.45, 7) is 0. The van der Waals surface area contributed by atoms with Gasteiger partial charge in [0.2, 0.25) is 0 Å². The Labute approximate surface area is 302 Å². The minimum atomic E-state index is -0.501. The molecule has 0 radical (unpaired) electrons. The highest BCUT2D eigenvalue weighted by Crippen LogP contribution is 2.62. The van der Waals surface area contributed by atoms with E-state index in [1.807, 2.05) is 30.3 Å². The summed E-state index contributed by atoms with van der Waals surface area (Å²) in [6, 6.07) is 61.4. The zero-order chi connectivity index (χ0) is 34.6. The van der Waals surface area contributed by atoms with Crippen LogP contribution in [0.25, 0.3) is 22.3 Å². The Hall–Kier alpha value is -6.74. The number of ether oxygens (including phenoxy) is 1. The monoisotopic (exact) mass is 668 g/mol. The molecule has 2 N–H and O–H groups in total. The summed E-state index contributed by atoms with van der Waals surface area (Å²) in [5, 5.41) is 16.8. The van der Waals surface area contributed by atoms with Crippen LogP contribution in [0.4, 0.5) is 0 Å². The lowest BCUT2D eigenvalue weighted by atomic mass is 9.66. The van der Waals surface area contributed by atoms with Crippen LogP contribution in [0.2, 0.25) is 0 Å². The van der Waals surface area contributed by atoms with Gasteiger partial charge in [0.05, 0.1) is 17.0 Å². The van der Waals surface area contributed by atoms with Crippen molar-refractivity contribution in [2.45, 2.75) is 17.7 Å². The number of benzene rings is 7. The molecule has 246 valence electrons. The van der Waals surface area contributed by atoms with Crippen molar-refractivity contribution in [1.82, 2.24) is 10.6 Å². The molecule has 0 fully saturated rings. The fourth-order valence-corrected chi connectivity index (χ4v) is 8.30. The Morgan fingerprint density at radius 1 is 0.538 bits per heavy atom. The molecule has 0 amide bonds. The van der Waals surface area contributed by atoms with Crippen LogP contribution >= 0.6 is 0 Å². The molecule has 1 spiro atoms. The van der Waals surface area contributed by atoms with Crippen molar-refractivity contribution in [1.29, 1.82) is 5.26 Å². The molecule has 3 aliphatic rings. The molecule has 0 bridgehead atoms. The van der Waals surface area contributed by atoms with Crippen LogP contribution in [0.3, 0.4) is 0 Å². The van der Waals surface area contributed by atoms with E-state index in [2.05, 4.69) is 156 Å². The third-order valence-electron chi connectivity index (χ3n) is 10.7. The molecular weight excluding hydrogens is 637 g/mol. The second-order valence-electron chi connectivity index (χ2n) is 13.5. The number of rotatable bonds is 4. The predicted octanol–water partition coefficient (Wildman–Crippen LogP) is 10.0. The lowest BCUT2D eigenvalue weighted by molar-refractivity contribution is 0.409. The molecule has 2 heterocycles. The molecule has 7 aromatic carbocycles. The molecular formula is C47H32N4O. The van der Waals surface area contributed by atoms with Crippen molar-refractivity contribution in [2.75, 3.05) is 0 Å². The average molecular weight is 669 g/mol. The number of amidine groups is 1. The van der Waals surface area contributed by atoms with E-state index >= 15 is 0 Å². The van der Waals surface area contributed by atoms with Crippen molar-refractivity contribution in [2.24, 2.45) is 4.99 Å². The van der Waals surface area contributed by atoms with Gasteiger partial charge in [0.25, 0.3) is 0 Å². The highest BCUT2D eigenvalue weighted by Gasteiger charge is 2.51. The molecule has 7 aromatic rings. The number of nitrogens with one attached hydrogen (secondary N) is 2. The van der Waals surface area contributed by atoms with Gasteiger partial charge in [-0.25, -0.2) is 4.99 Å². The van der Waals surface area contributed by atoms with Crippen LogP contribution < -0.4 is 15.4 Å². The first kappa shape index (κ1) is 30.1. The fraction of sp³-hybridized carbons (Fsp3) is 0.0638. The summed E-state index contributed by atoms with van der Waals surface area (Å²) in [5.41, 5.74) is 12.8. The van der Waals surface area contributed by atoms with Gasteiger partial charge in [-0.15, -0.1) is 0 Å². The standard InChI is InChI=1S/C47H32N4O/c48-29-30-18-20-31(21-19-30)32-22-24-34(25-23-32)45-49-44(33-10-2-1-3-11-33)50-46(51-45)35-26-27-39-37(28-35)36-12-4-5-13-38(36)47(39)40-14-6-8-16-42(40)52-43-17-9-7-15-41(43)47/h1-28,44,46,50H,(H,49,51). The van der Waals surface area contributed by atoms with Crippen molar-refractivity contribution >= 4 is 5.84 Å². The van der Waals surface area contributed by atoms with Gasteiger partial charge in [0.1, 0.15) is 29.7 Å². The van der Waals surface area contributed by atoms with E-state index in [0.29, 0.717) is 5.56 Å². The van der Waals surface area contributed by atoms with E-state index in [4.69, 9.17) is 9.73 Å². The Morgan fingerprint density at radius 2 is 1.12 bits per heavy atom. The van der Waals surface area contributed by atoms with Crippen molar-refractivity contribution in [3.63, 3.8) is 0 Å². The maximum atomic E-state index is 9.23. The van der Waals surface area contributed by atoms with Gasteiger partial charge in [-0.2, -0.15) is 5.26 Å². The van der Waals surface area contributed by atoms with Crippen molar-refractivity contribution in [3.05, 3.63) is 214 Å². The van der Waals surface area contributed by atoms with Gasteiger partial charge in [-0.05, 0) is 74.8 Å². The zero-order valence-electron chi connectivity index (χ0n) is 28.1. The molecule has 2 aliphatic heterocycles. The van der Waals surface area contributed by atoms with E-state index in [1.54, 1.807) is 0 Å². The van der Waals surface area contributed by atoms with Crippen LogP contribution in [-0.2, 0) is 5.41 Å². The molecule has 5 heteroatoms. The molecule has 2 unspecified atom stereocenters. The third kappa shape index (κ3) is 4.62. The molecule has 0 aromatic heterocycles. The van der Waals surface area contributed by atoms with Gasteiger partial charge in [0, 0.05) is 16.7 Å². The van der Waals surface area contributed by atoms with E-state index in [9.17, 15) is 5.26 Å². The Bertz CT molecular complexity index is 2520. The lowest BCUT2D eigenvalue weighted by Crippen LogP contribution is -2.45. The molecule has 0 saturated carbocycles. The number of aliphatic imine (C=N–C) groups is 1. The van der Waals surface area contributed by atoms with E-state index in [-0.39, 0.29) is 12.3 Å². The van der Waals surface area contributed by atoms with Crippen LogP contribution in [0.5, 0.6) is 11.5 Å². The normalized spacial score (nSPS) is 17.3. The third-order valence-corrected chi connectivity index (χ3v) is 10.7. The molecule has 2 atom stereocenters. The molecule has 1 aliphatic carbocycles. The van der Waals surface area contributed by atoms with E-state index in [0.717, 1.165) is 56.3 Å². The predicted molar refractivity (Wildman–Crippen MR) is 205 cm³/mol. The maximum Gasteiger partial charge on any atom is 0.132 e. The van der Waals surface area contributed by atoms with Gasteiger partial charge < -0.3 is 10.1 Å². The van der Waals surface area contributed by atoms with Gasteiger partial charge in [0.15, 0.2) is 0 Å². The van der Waals surface area contributed by atoms with Crippen LogP contribution in [0, 0.1) is 11.3 Å². The summed E-state index contributed by atoms with van der Waals surface area (Å²) < 4.78 is 6.52. The van der Waals surface area contributed by atoms with Crippen LogP contribution in [0.1, 0.15) is 56.8 Å². The van der Waals surface area contributed by atoms with Gasteiger partial charge >= 0.3 is 0 Å². The Morgan fingerprint density at radius 3 is 1.81 bits per heavy atom. The first-order valence-corrected chi connectivity index (χ1v) is 17.6. The number of nitriles is 1. The van der Waals surface area contributed by atoms with Gasteiger partial charge in [-0.3, -0.25) is 5.32 Å². The quantitative estimate of drug-likeness (QED) is 0.196. The topological polar surface area (TPSA) is 69.4 Å². The Kier molecular flexibility index (Phi) is 6.92. The highest BCUT2D eigenvalue weighted by atomic mass is 16.5. The highest BCUT2D eigenvalue weighted by molar-refractivity contribution is 6.00. The van der Waals surface area contributed by atoms with Gasteiger partial charge in [-0.1, -0.05) is 140 Å². The molecule has 10 rings (SSSR count).